The first-order valence-electron chi connectivity index (χ1n) is 10.8. The molecule has 0 radical (unpaired) electrons. The SMILES string of the molecule is CN1CC[C@@H](N(C)C(=O)C2(N(C)CCc3ccccc3)Cc3ccccc3C2)C1. The molecule has 1 fully saturated rings. The van der Waals surface area contributed by atoms with E-state index in [0.29, 0.717) is 6.04 Å². The number of carbonyl (C=O) groups excluding carboxylic acids is 1. The highest BCUT2D eigenvalue weighted by Gasteiger charge is 2.49. The van der Waals surface area contributed by atoms with E-state index >= 15 is 0 Å². The Labute approximate surface area is 175 Å². The highest BCUT2D eigenvalue weighted by Crippen LogP contribution is 2.36. The zero-order chi connectivity index (χ0) is 20.4. The molecule has 1 amide bonds. The molecule has 4 heteroatoms. The van der Waals surface area contributed by atoms with Crippen molar-refractivity contribution < 1.29 is 4.79 Å². The molecule has 0 N–H and O–H groups in total. The van der Waals surface area contributed by atoms with Gasteiger partial charge in [0.25, 0.3) is 0 Å². The highest BCUT2D eigenvalue weighted by atomic mass is 16.2. The van der Waals surface area contributed by atoms with Gasteiger partial charge in [-0.1, -0.05) is 54.6 Å². The lowest BCUT2D eigenvalue weighted by Gasteiger charge is -2.41. The molecule has 2 aliphatic rings. The molecule has 29 heavy (non-hydrogen) atoms. The molecule has 4 nitrogen and oxygen atoms in total. The minimum Gasteiger partial charge on any atom is -0.340 e. The summed E-state index contributed by atoms with van der Waals surface area (Å²) in [5.41, 5.74) is 3.49. The van der Waals surface area contributed by atoms with Crippen LogP contribution in [0, 0.1) is 0 Å². The quantitative estimate of drug-likeness (QED) is 0.758. The molecule has 0 aromatic heterocycles. The van der Waals surface area contributed by atoms with Gasteiger partial charge in [0.05, 0.1) is 0 Å². The number of hydrogen-bond donors (Lipinski definition) is 0. The maximum atomic E-state index is 13.9. The van der Waals surface area contributed by atoms with Crippen LogP contribution in [0.5, 0.6) is 0 Å². The highest BCUT2D eigenvalue weighted by molar-refractivity contribution is 5.88. The molecule has 0 bridgehead atoms. The van der Waals surface area contributed by atoms with Gasteiger partial charge in [-0.2, -0.15) is 0 Å². The lowest BCUT2D eigenvalue weighted by Crippen LogP contribution is -2.60. The zero-order valence-electron chi connectivity index (χ0n) is 18.0. The molecule has 2 aromatic carbocycles. The van der Waals surface area contributed by atoms with E-state index in [4.69, 9.17) is 0 Å². The van der Waals surface area contributed by atoms with Crippen LogP contribution in [-0.4, -0.2) is 73.0 Å². The first-order valence-corrected chi connectivity index (χ1v) is 10.8. The summed E-state index contributed by atoms with van der Waals surface area (Å²) in [5.74, 6) is 0.282. The van der Waals surface area contributed by atoms with Crippen LogP contribution in [0.4, 0.5) is 0 Å². The van der Waals surface area contributed by atoms with Gasteiger partial charge >= 0.3 is 0 Å². The average molecular weight is 392 g/mol. The molecule has 1 aliphatic carbocycles. The summed E-state index contributed by atoms with van der Waals surface area (Å²) in [4.78, 5) is 20.7. The Kier molecular flexibility index (Phi) is 5.75. The number of rotatable bonds is 6. The second-order valence-electron chi connectivity index (χ2n) is 8.93. The van der Waals surface area contributed by atoms with Crippen molar-refractivity contribution in [1.82, 2.24) is 14.7 Å². The molecule has 2 aromatic rings. The number of carbonyl (C=O) groups is 1. The van der Waals surface area contributed by atoms with Gasteiger partial charge in [0.15, 0.2) is 0 Å². The Bertz CT molecular complexity index is 825. The lowest BCUT2D eigenvalue weighted by molar-refractivity contribution is -0.144. The van der Waals surface area contributed by atoms with Gasteiger partial charge in [0.1, 0.15) is 5.54 Å². The Morgan fingerprint density at radius 1 is 1.03 bits per heavy atom. The first-order chi connectivity index (χ1) is 14.0. The van der Waals surface area contributed by atoms with Crippen LogP contribution < -0.4 is 0 Å². The number of hydrogen-bond acceptors (Lipinski definition) is 3. The fourth-order valence-electron chi connectivity index (χ4n) is 5.06. The summed E-state index contributed by atoms with van der Waals surface area (Å²) in [6.45, 7) is 2.92. The standard InChI is InChI=1S/C25H33N3O/c1-26-15-14-23(19-26)28(3)24(29)25(17-21-11-7-8-12-22(21)18-25)27(2)16-13-20-9-5-4-6-10-20/h4-12,23H,13-19H2,1-3H3/t23-/m1/s1. The Balaban J connectivity index is 1.57. The molecule has 0 saturated carbocycles. The van der Waals surface area contributed by atoms with Crippen molar-refractivity contribution in [3.8, 4) is 0 Å². The molecule has 1 saturated heterocycles. The van der Waals surface area contributed by atoms with Crippen molar-refractivity contribution in [2.24, 2.45) is 0 Å². The topological polar surface area (TPSA) is 26.8 Å². The van der Waals surface area contributed by atoms with Crippen LogP contribution in [0.1, 0.15) is 23.1 Å². The fraction of sp³-hybridized carbons (Fsp3) is 0.480. The predicted molar refractivity (Wildman–Crippen MR) is 118 cm³/mol. The maximum Gasteiger partial charge on any atom is 0.243 e. The van der Waals surface area contributed by atoms with Crippen molar-refractivity contribution in [3.05, 3.63) is 71.3 Å². The summed E-state index contributed by atoms with van der Waals surface area (Å²) in [6, 6.07) is 19.5. The Morgan fingerprint density at radius 2 is 1.66 bits per heavy atom. The number of amides is 1. The van der Waals surface area contributed by atoms with Crippen molar-refractivity contribution in [3.63, 3.8) is 0 Å². The van der Waals surface area contributed by atoms with Gasteiger partial charge in [0, 0.05) is 39.0 Å². The largest absolute Gasteiger partial charge is 0.340 e. The van der Waals surface area contributed by atoms with Gasteiger partial charge in [-0.3, -0.25) is 9.69 Å². The van der Waals surface area contributed by atoms with Crippen LogP contribution in [0.15, 0.2) is 54.6 Å². The van der Waals surface area contributed by atoms with Gasteiger partial charge in [-0.05, 0) is 50.2 Å². The molecule has 0 spiro atoms. The molecule has 1 atom stereocenters. The predicted octanol–water partition coefficient (Wildman–Crippen LogP) is 2.86. The van der Waals surface area contributed by atoms with E-state index in [1.165, 1.54) is 16.7 Å². The van der Waals surface area contributed by atoms with Crippen LogP contribution in [0.25, 0.3) is 0 Å². The summed E-state index contributed by atoms with van der Waals surface area (Å²) < 4.78 is 0. The number of fused-ring (bicyclic) bond motifs is 1. The minimum atomic E-state index is -0.478. The van der Waals surface area contributed by atoms with Crippen LogP contribution in [0.2, 0.25) is 0 Å². The van der Waals surface area contributed by atoms with Gasteiger partial charge in [-0.25, -0.2) is 0 Å². The molecular formula is C25H33N3O. The molecule has 4 rings (SSSR count). The van der Waals surface area contributed by atoms with E-state index in [-0.39, 0.29) is 5.91 Å². The molecular weight excluding hydrogens is 358 g/mol. The minimum absolute atomic E-state index is 0.282. The van der Waals surface area contributed by atoms with Crippen molar-refractivity contribution in [2.45, 2.75) is 37.3 Å². The van der Waals surface area contributed by atoms with Gasteiger partial charge < -0.3 is 9.80 Å². The van der Waals surface area contributed by atoms with E-state index < -0.39 is 5.54 Å². The normalized spacial score (nSPS) is 20.8. The van der Waals surface area contributed by atoms with Crippen LogP contribution >= 0.6 is 0 Å². The Morgan fingerprint density at radius 3 is 2.24 bits per heavy atom. The van der Waals surface area contributed by atoms with E-state index in [1.807, 2.05) is 11.9 Å². The number of likely N-dealkylation sites (N-methyl/N-ethyl adjacent to an activating group) is 3. The summed E-state index contributed by atoms with van der Waals surface area (Å²) in [5, 5.41) is 0. The van der Waals surface area contributed by atoms with Crippen LogP contribution in [0.3, 0.4) is 0 Å². The first kappa shape index (κ1) is 20.1. The fourth-order valence-corrected chi connectivity index (χ4v) is 5.06. The monoisotopic (exact) mass is 391 g/mol. The molecule has 1 heterocycles. The number of benzene rings is 2. The zero-order valence-corrected chi connectivity index (χ0v) is 18.0. The number of nitrogens with zero attached hydrogens (tertiary/aromatic N) is 3. The molecule has 154 valence electrons. The van der Waals surface area contributed by atoms with Crippen molar-refractivity contribution >= 4 is 5.91 Å². The summed E-state index contributed by atoms with van der Waals surface area (Å²) in [7, 11) is 6.30. The second kappa shape index (κ2) is 8.29. The van der Waals surface area contributed by atoms with Crippen molar-refractivity contribution in [2.75, 3.05) is 40.8 Å². The lowest BCUT2D eigenvalue weighted by atomic mass is 9.90. The van der Waals surface area contributed by atoms with Gasteiger partial charge in [0.2, 0.25) is 5.91 Å². The van der Waals surface area contributed by atoms with E-state index in [9.17, 15) is 4.79 Å². The van der Waals surface area contributed by atoms with E-state index in [0.717, 1.165) is 45.3 Å². The third-order valence-corrected chi connectivity index (χ3v) is 7.03. The summed E-state index contributed by atoms with van der Waals surface area (Å²) >= 11 is 0. The average Bonchev–Trinajstić information content (AvgIpc) is 3.36. The third-order valence-electron chi connectivity index (χ3n) is 7.03. The van der Waals surface area contributed by atoms with E-state index in [2.05, 4.69) is 78.5 Å². The number of likely N-dealkylation sites (tertiary alicyclic amines) is 1. The van der Waals surface area contributed by atoms with E-state index in [1.54, 1.807) is 0 Å². The smallest absolute Gasteiger partial charge is 0.243 e. The second-order valence-corrected chi connectivity index (χ2v) is 8.93. The Hall–Kier alpha value is -2.17. The van der Waals surface area contributed by atoms with Gasteiger partial charge in [-0.15, -0.1) is 0 Å². The van der Waals surface area contributed by atoms with Crippen LogP contribution in [-0.2, 0) is 24.1 Å². The summed E-state index contributed by atoms with van der Waals surface area (Å²) in [6.07, 6.45) is 3.63. The molecule has 0 unspecified atom stereocenters. The van der Waals surface area contributed by atoms with Crippen molar-refractivity contribution in [1.29, 1.82) is 0 Å². The maximum absolute atomic E-state index is 13.9. The third kappa shape index (κ3) is 3.96. The molecule has 1 aliphatic heterocycles.